The number of para-hydroxylation sites is 1. The van der Waals surface area contributed by atoms with Crippen LogP contribution >= 0.6 is 11.6 Å². The number of hydrogen-bond donors (Lipinski definition) is 1. The van der Waals surface area contributed by atoms with Crippen LogP contribution in [0.15, 0.2) is 42.5 Å². The van der Waals surface area contributed by atoms with Crippen LogP contribution in [0.5, 0.6) is 11.8 Å². The Morgan fingerprint density at radius 1 is 1.00 bits per heavy atom. The van der Waals surface area contributed by atoms with Gasteiger partial charge >= 0.3 is 6.01 Å². The third kappa shape index (κ3) is 4.03. The van der Waals surface area contributed by atoms with Crippen LogP contribution in [0.1, 0.15) is 21.7 Å². The van der Waals surface area contributed by atoms with Crippen molar-refractivity contribution in [3.63, 3.8) is 0 Å². The predicted octanol–water partition coefficient (Wildman–Crippen LogP) is 5.07. The van der Waals surface area contributed by atoms with E-state index in [1.807, 2.05) is 0 Å². The summed E-state index contributed by atoms with van der Waals surface area (Å²) >= 11 is 5.91. The fraction of sp³-hybridized carbons (Fsp3) is 0.105. The maximum atomic E-state index is 13.9. The fourth-order valence-corrected chi connectivity index (χ4v) is 2.68. The molecule has 3 aromatic rings. The molecule has 8 heteroatoms. The molecule has 1 amide bonds. The van der Waals surface area contributed by atoms with Gasteiger partial charge in [-0.1, -0.05) is 29.8 Å². The summed E-state index contributed by atoms with van der Waals surface area (Å²) in [5.74, 6) is -2.04. The molecule has 0 unspecified atom stereocenters. The van der Waals surface area contributed by atoms with Crippen LogP contribution < -0.4 is 10.1 Å². The van der Waals surface area contributed by atoms with Crippen LogP contribution in [0, 0.1) is 25.5 Å². The van der Waals surface area contributed by atoms with E-state index < -0.39 is 17.5 Å². The summed E-state index contributed by atoms with van der Waals surface area (Å²) in [7, 11) is 0. The molecule has 0 bridgehead atoms. The topological polar surface area (TPSA) is 64.1 Å². The molecule has 3 rings (SSSR count). The second-order valence-corrected chi connectivity index (χ2v) is 6.04. The smallest absolute Gasteiger partial charge is 0.322 e. The molecule has 0 fully saturated rings. The number of anilines is 1. The molecular weight excluding hydrogens is 376 g/mol. The molecule has 2 aromatic carbocycles. The highest BCUT2D eigenvalue weighted by atomic mass is 35.5. The molecule has 0 radical (unpaired) electrons. The van der Waals surface area contributed by atoms with Gasteiger partial charge < -0.3 is 10.1 Å². The van der Waals surface area contributed by atoms with Crippen molar-refractivity contribution in [1.82, 2.24) is 9.97 Å². The average Bonchev–Trinajstić information content (AvgIpc) is 2.60. The maximum Gasteiger partial charge on any atom is 0.322 e. The second-order valence-electron chi connectivity index (χ2n) is 5.64. The molecule has 138 valence electrons. The minimum atomic E-state index is -0.740. The number of amides is 1. The van der Waals surface area contributed by atoms with Gasteiger partial charge in [-0.05, 0) is 38.1 Å². The number of benzene rings is 2. The summed E-state index contributed by atoms with van der Waals surface area (Å²) in [5, 5.41) is 2.55. The van der Waals surface area contributed by atoms with E-state index in [4.69, 9.17) is 16.3 Å². The van der Waals surface area contributed by atoms with Gasteiger partial charge in [-0.3, -0.25) is 4.79 Å². The monoisotopic (exact) mass is 389 g/mol. The number of nitrogens with zero attached hydrogens (tertiary/aromatic N) is 2. The maximum absolute atomic E-state index is 13.9. The van der Waals surface area contributed by atoms with E-state index in [0.717, 1.165) is 6.07 Å². The van der Waals surface area contributed by atoms with Crippen LogP contribution in [0.25, 0.3) is 0 Å². The van der Waals surface area contributed by atoms with E-state index in [1.54, 1.807) is 19.9 Å². The van der Waals surface area contributed by atoms with Gasteiger partial charge in [0, 0.05) is 0 Å². The quantitative estimate of drug-likeness (QED) is 0.676. The van der Waals surface area contributed by atoms with Gasteiger partial charge in [-0.25, -0.2) is 8.78 Å². The van der Waals surface area contributed by atoms with Crippen LogP contribution in [0.4, 0.5) is 14.5 Å². The van der Waals surface area contributed by atoms with Crippen molar-refractivity contribution >= 4 is 23.2 Å². The highest BCUT2D eigenvalue weighted by molar-refractivity contribution is 6.34. The molecule has 0 aliphatic carbocycles. The summed E-state index contributed by atoms with van der Waals surface area (Å²) in [5.41, 5.74) is 0.758. The Balaban J connectivity index is 1.87. The van der Waals surface area contributed by atoms with Gasteiger partial charge in [0.05, 0.1) is 27.7 Å². The Labute approximate surface area is 159 Å². The van der Waals surface area contributed by atoms with E-state index >= 15 is 0 Å². The molecule has 1 aromatic heterocycles. The molecule has 5 nitrogen and oxygen atoms in total. The van der Waals surface area contributed by atoms with Crippen molar-refractivity contribution < 1.29 is 18.3 Å². The van der Waals surface area contributed by atoms with Crippen molar-refractivity contribution in [2.24, 2.45) is 0 Å². The minimum absolute atomic E-state index is 0.0109. The Morgan fingerprint density at radius 3 is 2.26 bits per heavy atom. The standard InChI is InChI=1S/C19H14ClF2N3O2/c1-10-17(25-18(26)16-12(20)6-5-8-14(16)22)11(2)24-19(23-10)27-15-9-4-3-7-13(15)21/h3-9H,1-2H3,(H,25,26). The minimum Gasteiger partial charge on any atom is -0.421 e. The first kappa shape index (κ1) is 18.7. The van der Waals surface area contributed by atoms with Crippen LogP contribution in [-0.4, -0.2) is 15.9 Å². The van der Waals surface area contributed by atoms with E-state index in [1.165, 1.54) is 30.3 Å². The lowest BCUT2D eigenvalue weighted by Gasteiger charge is -2.13. The predicted molar refractivity (Wildman–Crippen MR) is 97.3 cm³/mol. The summed E-state index contributed by atoms with van der Waals surface area (Å²) in [6.07, 6.45) is 0. The van der Waals surface area contributed by atoms with Crippen LogP contribution in [-0.2, 0) is 0 Å². The largest absolute Gasteiger partial charge is 0.421 e. The lowest BCUT2D eigenvalue weighted by Crippen LogP contribution is -2.17. The zero-order valence-electron chi connectivity index (χ0n) is 14.4. The van der Waals surface area contributed by atoms with E-state index in [9.17, 15) is 13.6 Å². The van der Waals surface area contributed by atoms with Gasteiger partial charge in [0.2, 0.25) is 0 Å². The Morgan fingerprint density at radius 2 is 1.63 bits per heavy atom. The molecule has 0 saturated carbocycles. The molecule has 0 spiro atoms. The number of nitrogens with one attached hydrogen (secondary N) is 1. The van der Waals surface area contributed by atoms with Crippen molar-refractivity contribution in [3.05, 3.63) is 76.1 Å². The first-order chi connectivity index (χ1) is 12.9. The molecule has 1 N–H and O–H groups in total. The van der Waals surface area contributed by atoms with Crippen LogP contribution in [0.2, 0.25) is 5.02 Å². The summed E-state index contributed by atoms with van der Waals surface area (Å²) < 4.78 is 33.0. The molecule has 0 aliphatic rings. The summed E-state index contributed by atoms with van der Waals surface area (Å²) in [6, 6.07) is 9.74. The van der Waals surface area contributed by atoms with Gasteiger partial charge in [-0.15, -0.1) is 0 Å². The Kier molecular flexibility index (Phi) is 5.32. The van der Waals surface area contributed by atoms with E-state index in [0.29, 0.717) is 17.1 Å². The van der Waals surface area contributed by atoms with E-state index in [2.05, 4.69) is 15.3 Å². The lowest BCUT2D eigenvalue weighted by atomic mass is 10.2. The third-order valence-electron chi connectivity index (χ3n) is 3.72. The number of ether oxygens (including phenoxy) is 1. The third-order valence-corrected chi connectivity index (χ3v) is 4.03. The summed E-state index contributed by atoms with van der Waals surface area (Å²) in [4.78, 5) is 20.6. The number of carbonyl (C=O) groups excluding carboxylic acids is 1. The van der Waals surface area contributed by atoms with Crippen molar-refractivity contribution in [3.8, 4) is 11.8 Å². The number of halogens is 3. The number of rotatable bonds is 4. The molecule has 0 saturated heterocycles. The Bertz CT molecular complexity index is 984. The SMILES string of the molecule is Cc1nc(Oc2ccccc2F)nc(C)c1NC(=O)c1c(F)cccc1Cl. The van der Waals surface area contributed by atoms with Gasteiger partial charge in [0.25, 0.3) is 5.91 Å². The fourth-order valence-electron chi connectivity index (χ4n) is 2.43. The van der Waals surface area contributed by atoms with Gasteiger partial charge in [0.15, 0.2) is 11.6 Å². The first-order valence-corrected chi connectivity index (χ1v) is 8.27. The molecule has 0 atom stereocenters. The van der Waals surface area contributed by atoms with Crippen molar-refractivity contribution in [2.45, 2.75) is 13.8 Å². The highest BCUT2D eigenvalue weighted by Gasteiger charge is 2.19. The van der Waals surface area contributed by atoms with Gasteiger partial charge in [0.1, 0.15) is 5.82 Å². The average molecular weight is 390 g/mol. The molecule has 27 heavy (non-hydrogen) atoms. The highest BCUT2D eigenvalue weighted by Crippen LogP contribution is 2.26. The number of aryl methyl sites for hydroxylation is 2. The molecular formula is C19H14ClF2N3O2. The number of aromatic nitrogens is 2. The lowest BCUT2D eigenvalue weighted by molar-refractivity contribution is 0.102. The van der Waals surface area contributed by atoms with E-state index in [-0.39, 0.29) is 22.3 Å². The second kappa shape index (κ2) is 7.67. The van der Waals surface area contributed by atoms with Crippen molar-refractivity contribution in [2.75, 3.05) is 5.32 Å². The zero-order valence-corrected chi connectivity index (χ0v) is 15.1. The van der Waals surface area contributed by atoms with Gasteiger partial charge in [-0.2, -0.15) is 9.97 Å². The first-order valence-electron chi connectivity index (χ1n) is 7.90. The van der Waals surface area contributed by atoms with Crippen molar-refractivity contribution in [1.29, 1.82) is 0 Å². The number of hydrogen-bond acceptors (Lipinski definition) is 4. The normalized spacial score (nSPS) is 10.6. The summed E-state index contributed by atoms with van der Waals surface area (Å²) in [6.45, 7) is 3.23. The Hall–Kier alpha value is -3.06. The van der Waals surface area contributed by atoms with Crippen LogP contribution in [0.3, 0.4) is 0 Å². The number of carbonyl (C=O) groups is 1. The molecule has 0 aliphatic heterocycles. The zero-order chi connectivity index (χ0) is 19.6. The molecule has 1 heterocycles.